The van der Waals surface area contributed by atoms with Gasteiger partial charge in [-0.15, -0.1) is 0 Å². The lowest BCUT2D eigenvalue weighted by molar-refractivity contribution is 0.415. The van der Waals surface area contributed by atoms with E-state index < -0.39 is 0 Å². The summed E-state index contributed by atoms with van der Waals surface area (Å²) in [5.74, 6) is 0.857. The van der Waals surface area contributed by atoms with Crippen LogP contribution in [-0.4, -0.2) is 12.1 Å². The van der Waals surface area contributed by atoms with Gasteiger partial charge in [-0.3, -0.25) is 0 Å². The van der Waals surface area contributed by atoms with E-state index in [2.05, 4.69) is 18.0 Å². The second kappa shape index (κ2) is 4.35. The Morgan fingerprint density at radius 2 is 1.79 bits per heavy atom. The van der Waals surface area contributed by atoms with Gasteiger partial charge < -0.3 is 15.5 Å². The van der Waals surface area contributed by atoms with E-state index in [1.54, 1.807) is 7.11 Å². The van der Waals surface area contributed by atoms with Crippen molar-refractivity contribution in [2.45, 2.75) is 6.92 Å². The van der Waals surface area contributed by atoms with E-state index in [0.717, 1.165) is 33.6 Å². The highest BCUT2D eigenvalue weighted by Crippen LogP contribution is 2.30. The maximum Gasteiger partial charge on any atom is 0.118 e. The lowest BCUT2D eigenvalue weighted by Gasteiger charge is -2.01. The quantitative estimate of drug-likeness (QED) is 0.683. The van der Waals surface area contributed by atoms with Crippen molar-refractivity contribution < 1.29 is 4.74 Å². The number of hydrogen-bond donors (Lipinski definition) is 2. The van der Waals surface area contributed by atoms with Crippen molar-refractivity contribution in [1.82, 2.24) is 4.98 Å². The number of nitrogens with one attached hydrogen (secondary N) is 1. The number of methoxy groups -OCH3 is 1. The van der Waals surface area contributed by atoms with Gasteiger partial charge in [0.2, 0.25) is 0 Å². The number of rotatable bonds is 2. The lowest BCUT2D eigenvalue weighted by Crippen LogP contribution is -1.86. The molecule has 0 atom stereocenters. The fourth-order valence-corrected chi connectivity index (χ4v) is 2.31. The van der Waals surface area contributed by atoms with E-state index in [4.69, 9.17) is 10.5 Å². The van der Waals surface area contributed by atoms with Crippen LogP contribution in [0.5, 0.6) is 5.75 Å². The van der Waals surface area contributed by atoms with Gasteiger partial charge in [0.1, 0.15) is 5.75 Å². The Hall–Kier alpha value is -2.42. The van der Waals surface area contributed by atoms with Crippen LogP contribution in [0.1, 0.15) is 5.56 Å². The number of H-pyrrole nitrogens is 1. The minimum atomic E-state index is 0.802. The molecule has 1 aromatic heterocycles. The van der Waals surface area contributed by atoms with E-state index in [-0.39, 0.29) is 0 Å². The first kappa shape index (κ1) is 11.7. The van der Waals surface area contributed by atoms with Crippen molar-refractivity contribution in [2.75, 3.05) is 12.8 Å². The molecule has 3 rings (SSSR count). The monoisotopic (exact) mass is 252 g/mol. The van der Waals surface area contributed by atoms with Crippen molar-refractivity contribution >= 4 is 16.6 Å². The highest BCUT2D eigenvalue weighted by molar-refractivity contribution is 5.96. The first-order chi connectivity index (χ1) is 9.19. The van der Waals surface area contributed by atoms with E-state index in [1.165, 1.54) is 5.56 Å². The van der Waals surface area contributed by atoms with Crippen molar-refractivity contribution in [2.24, 2.45) is 0 Å². The first-order valence-electron chi connectivity index (χ1n) is 6.21. The molecule has 0 spiro atoms. The maximum absolute atomic E-state index is 6.02. The summed E-state index contributed by atoms with van der Waals surface area (Å²) in [6.45, 7) is 2.08. The summed E-state index contributed by atoms with van der Waals surface area (Å²) in [6, 6.07) is 14.1. The van der Waals surface area contributed by atoms with Gasteiger partial charge >= 0.3 is 0 Å². The molecule has 3 heteroatoms. The minimum Gasteiger partial charge on any atom is -0.497 e. The number of nitrogens with two attached hydrogens (primary N) is 1. The predicted octanol–water partition coefficient (Wildman–Crippen LogP) is 3.73. The molecule has 3 aromatic rings. The number of aryl methyl sites for hydroxylation is 1. The summed E-state index contributed by atoms with van der Waals surface area (Å²) >= 11 is 0. The molecule has 0 aliphatic rings. The fourth-order valence-electron chi connectivity index (χ4n) is 2.31. The summed E-state index contributed by atoms with van der Waals surface area (Å²) in [6.07, 6.45) is 0. The van der Waals surface area contributed by atoms with E-state index in [9.17, 15) is 0 Å². The van der Waals surface area contributed by atoms with Crippen LogP contribution in [0.4, 0.5) is 5.69 Å². The molecular formula is C16H16N2O. The summed E-state index contributed by atoms with van der Waals surface area (Å²) in [5, 5.41) is 1.07. The molecule has 0 saturated carbocycles. The van der Waals surface area contributed by atoms with Crippen LogP contribution in [0.2, 0.25) is 0 Å². The summed E-state index contributed by atoms with van der Waals surface area (Å²) in [5.41, 5.74) is 11.3. The molecule has 3 nitrogen and oxygen atoms in total. The molecule has 3 N–H and O–H groups in total. The topological polar surface area (TPSA) is 51.0 Å². The van der Waals surface area contributed by atoms with Crippen LogP contribution in [0.15, 0.2) is 42.5 Å². The van der Waals surface area contributed by atoms with Crippen LogP contribution in [0.25, 0.3) is 22.2 Å². The van der Waals surface area contributed by atoms with Crippen LogP contribution < -0.4 is 10.5 Å². The number of aromatic amines is 1. The molecule has 19 heavy (non-hydrogen) atoms. The molecule has 0 fully saturated rings. The van der Waals surface area contributed by atoms with Gasteiger partial charge in [-0.2, -0.15) is 0 Å². The Balaban J connectivity index is 2.14. The van der Waals surface area contributed by atoms with Crippen LogP contribution in [0.3, 0.4) is 0 Å². The zero-order chi connectivity index (χ0) is 13.4. The molecule has 96 valence electrons. The predicted molar refractivity (Wildman–Crippen MR) is 79.4 cm³/mol. The number of aromatic nitrogens is 1. The SMILES string of the molecule is COc1ccc(-c2cc3c(N)ccc(C)c3[nH]2)cc1. The summed E-state index contributed by atoms with van der Waals surface area (Å²) in [4.78, 5) is 3.44. The minimum absolute atomic E-state index is 0.802. The van der Waals surface area contributed by atoms with Crippen molar-refractivity contribution in [3.63, 3.8) is 0 Å². The number of ether oxygens (including phenoxy) is 1. The van der Waals surface area contributed by atoms with E-state index in [0.29, 0.717) is 0 Å². The molecule has 0 radical (unpaired) electrons. The van der Waals surface area contributed by atoms with Crippen LogP contribution in [0, 0.1) is 6.92 Å². The van der Waals surface area contributed by atoms with Gasteiger partial charge in [-0.25, -0.2) is 0 Å². The van der Waals surface area contributed by atoms with Crippen molar-refractivity contribution in [1.29, 1.82) is 0 Å². The second-order valence-corrected chi connectivity index (χ2v) is 4.67. The molecule has 0 saturated heterocycles. The molecule has 2 aromatic carbocycles. The third-order valence-corrected chi connectivity index (χ3v) is 3.44. The molecular weight excluding hydrogens is 236 g/mol. The zero-order valence-electron chi connectivity index (χ0n) is 11.0. The third-order valence-electron chi connectivity index (χ3n) is 3.44. The highest BCUT2D eigenvalue weighted by atomic mass is 16.5. The molecule has 0 unspecified atom stereocenters. The fraction of sp³-hybridized carbons (Fsp3) is 0.125. The number of hydrogen-bond acceptors (Lipinski definition) is 2. The Labute approximate surface area is 112 Å². The number of fused-ring (bicyclic) bond motifs is 1. The largest absolute Gasteiger partial charge is 0.497 e. The Bertz CT molecular complexity index is 687. The molecule has 0 aliphatic carbocycles. The van der Waals surface area contributed by atoms with Crippen molar-refractivity contribution in [3.8, 4) is 17.0 Å². The van der Waals surface area contributed by atoms with E-state index in [1.807, 2.05) is 36.4 Å². The van der Waals surface area contributed by atoms with Crippen molar-refractivity contribution in [3.05, 3.63) is 48.0 Å². The Morgan fingerprint density at radius 1 is 1.05 bits per heavy atom. The van der Waals surface area contributed by atoms with Crippen LogP contribution >= 0.6 is 0 Å². The van der Waals surface area contributed by atoms with Gasteiger partial charge in [0.05, 0.1) is 12.6 Å². The molecule has 1 heterocycles. The first-order valence-corrected chi connectivity index (χ1v) is 6.21. The van der Waals surface area contributed by atoms with Gasteiger partial charge in [-0.05, 0) is 54.4 Å². The van der Waals surface area contributed by atoms with Gasteiger partial charge in [0, 0.05) is 16.8 Å². The Morgan fingerprint density at radius 3 is 2.42 bits per heavy atom. The molecule has 0 bridgehead atoms. The smallest absolute Gasteiger partial charge is 0.118 e. The molecule has 0 amide bonds. The number of nitrogen functional groups attached to an aromatic ring is 1. The van der Waals surface area contributed by atoms with Gasteiger partial charge in [0.25, 0.3) is 0 Å². The van der Waals surface area contributed by atoms with Crippen LogP contribution in [-0.2, 0) is 0 Å². The third kappa shape index (κ3) is 1.93. The summed E-state index contributed by atoms with van der Waals surface area (Å²) < 4.78 is 5.17. The average molecular weight is 252 g/mol. The maximum atomic E-state index is 6.02. The zero-order valence-corrected chi connectivity index (χ0v) is 11.0. The Kier molecular flexibility index (Phi) is 2.67. The second-order valence-electron chi connectivity index (χ2n) is 4.67. The number of anilines is 1. The standard InChI is InChI=1S/C16H16N2O/c1-10-3-8-14(17)13-9-15(18-16(10)13)11-4-6-12(19-2)7-5-11/h3-9,18H,17H2,1-2H3. The summed E-state index contributed by atoms with van der Waals surface area (Å²) in [7, 11) is 1.67. The normalized spacial score (nSPS) is 10.8. The van der Waals surface area contributed by atoms with Gasteiger partial charge in [-0.1, -0.05) is 6.07 Å². The molecule has 0 aliphatic heterocycles. The highest BCUT2D eigenvalue weighted by Gasteiger charge is 2.07. The van der Waals surface area contributed by atoms with Gasteiger partial charge in [0.15, 0.2) is 0 Å². The number of benzene rings is 2. The lowest BCUT2D eigenvalue weighted by atomic mass is 10.1. The van der Waals surface area contributed by atoms with E-state index >= 15 is 0 Å². The average Bonchev–Trinajstić information content (AvgIpc) is 2.89.